The van der Waals surface area contributed by atoms with E-state index in [2.05, 4.69) is 17.4 Å². The highest BCUT2D eigenvalue weighted by Gasteiger charge is 2.39. The van der Waals surface area contributed by atoms with E-state index in [1.54, 1.807) is 11.8 Å². The van der Waals surface area contributed by atoms with Crippen LogP contribution in [0, 0.1) is 11.8 Å². The topological polar surface area (TPSA) is 29.1 Å². The van der Waals surface area contributed by atoms with Crippen LogP contribution in [0.5, 0.6) is 0 Å². The molecule has 0 spiro atoms. The van der Waals surface area contributed by atoms with Crippen molar-refractivity contribution in [2.24, 2.45) is 11.8 Å². The highest BCUT2D eigenvalue weighted by molar-refractivity contribution is 7.99. The Morgan fingerprint density at radius 1 is 1.21 bits per heavy atom. The zero-order chi connectivity index (χ0) is 13.1. The number of nitrogens with one attached hydrogen (secondary N) is 1. The predicted octanol–water partition coefficient (Wildman–Crippen LogP) is 3.47. The van der Waals surface area contributed by atoms with Crippen LogP contribution in [-0.2, 0) is 4.79 Å². The summed E-state index contributed by atoms with van der Waals surface area (Å²) < 4.78 is 0. The highest BCUT2D eigenvalue weighted by Crippen LogP contribution is 2.44. The molecule has 0 saturated heterocycles. The second-order valence-electron chi connectivity index (χ2n) is 5.76. The van der Waals surface area contributed by atoms with E-state index in [0.29, 0.717) is 12.5 Å². The van der Waals surface area contributed by atoms with Crippen molar-refractivity contribution in [1.82, 2.24) is 5.32 Å². The zero-order valence-corrected chi connectivity index (χ0v) is 12.0. The molecule has 0 unspecified atom stereocenters. The van der Waals surface area contributed by atoms with Crippen LogP contribution in [0.25, 0.3) is 0 Å². The molecule has 3 heteroatoms. The van der Waals surface area contributed by atoms with Crippen molar-refractivity contribution in [2.75, 3.05) is 5.75 Å². The van der Waals surface area contributed by atoms with Gasteiger partial charge in [0.2, 0.25) is 5.91 Å². The molecule has 2 bridgehead atoms. The lowest BCUT2D eigenvalue weighted by Gasteiger charge is -2.22. The molecule has 2 fully saturated rings. The first-order valence-corrected chi connectivity index (χ1v) is 8.27. The van der Waals surface area contributed by atoms with Gasteiger partial charge in [-0.25, -0.2) is 0 Å². The summed E-state index contributed by atoms with van der Waals surface area (Å²) in [5.74, 6) is 2.78. The van der Waals surface area contributed by atoms with Crippen molar-refractivity contribution in [3.8, 4) is 0 Å². The Balaban J connectivity index is 1.38. The lowest BCUT2D eigenvalue weighted by molar-refractivity contribution is -0.121. The minimum absolute atomic E-state index is 0.237. The molecule has 1 aromatic rings. The molecule has 0 aromatic heterocycles. The number of rotatable bonds is 5. The fourth-order valence-electron chi connectivity index (χ4n) is 3.48. The number of carbonyl (C=O) groups is 1. The number of thioether (sulfide) groups is 1. The molecule has 3 atom stereocenters. The first kappa shape index (κ1) is 13.0. The molecule has 0 aliphatic heterocycles. The van der Waals surface area contributed by atoms with Crippen LogP contribution in [0.3, 0.4) is 0 Å². The van der Waals surface area contributed by atoms with Crippen molar-refractivity contribution < 1.29 is 4.79 Å². The normalized spacial score (nSPS) is 28.5. The van der Waals surface area contributed by atoms with Gasteiger partial charge in [0.25, 0.3) is 0 Å². The second-order valence-corrected chi connectivity index (χ2v) is 6.93. The monoisotopic (exact) mass is 275 g/mol. The summed E-state index contributed by atoms with van der Waals surface area (Å²) in [4.78, 5) is 13.2. The third-order valence-corrected chi connectivity index (χ3v) is 5.44. The van der Waals surface area contributed by atoms with E-state index >= 15 is 0 Å². The van der Waals surface area contributed by atoms with Gasteiger partial charge in [0, 0.05) is 23.1 Å². The Kier molecular flexibility index (Phi) is 4.12. The maximum absolute atomic E-state index is 11.9. The van der Waals surface area contributed by atoms with E-state index < -0.39 is 0 Å². The summed E-state index contributed by atoms with van der Waals surface area (Å²) in [7, 11) is 0. The quantitative estimate of drug-likeness (QED) is 0.834. The summed E-state index contributed by atoms with van der Waals surface area (Å²) in [6.07, 6.45) is 5.93. The number of hydrogen-bond donors (Lipinski definition) is 1. The van der Waals surface area contributed by atoms with Gasteiger partial charge >= 0.3 is 0 Å². The van der Waals surface area contributed by atoms with Crippen molar-refractivity contribution >= 4 is 17.7 Å². The van der Waals surface area contributed by atoms with Gasteiger partial charge in [0.15, 0.2) is 0 Å². The van der Waals surface area contributed by atoms with E-state index in [1.807, 2.05) is 18.2 Å². The van der Waals surface area contributed by atoms with Gasteiger partial charge in [-0.2, -0.15) is 0 Å². The SMILES string of the molecule is O=C(CCSc1ccccc1)N[C@@H]1C[C@H]2CC[C@H]1C2. The minimum Gasteiger partial charge on any atom is -0.353 e. The number of amides is 1. The molecule has 1 aromatic carbocycles. The first-order valence-electron chi connectivity index (χ1n) is 7.28. The molecule has 19 heavy (non-hydrogen) atoms. The summed E-state index contributed by atoms with van der Waals surface area (Å²) in [6, 6.07) is 10.8. The molecular formula is C16H21NOS. The molecule has 3 rings (SSSR count). The van der Waals surface area contributed by atoms with Crippen LogP contribution >= 0.6 is 11.8 Å². The summed E-state index contributed by atoms with van der Waals surface area (Å²) in [5, 5.41) is 3.24. The second kappa shape index (κ2) is 6.00. The van der Waals surface area contributed by atoms with Crippen LogP contribution in [0.1, 0.15) is 32.1 Å². The fourth-order valence-corrected chi connectivity index (χ4v) is 4.35. The highest BCUT2D eigenvalue weighted by atomic mass is 32.2. The lowest BCUT2D eigenvalue weighted by Crippen LogP contribution is -2.38. The Labute approximate surface area is 119 Å². The maximum atomic E-state index is 11.9. The molecule has 2 saturated carbocycles. The summed E-state index contributed by atoms with van der Waals surface area (Å²) >= 11 is 1.76. The Morgan fingerprint density at radius 3 is 2.74 bits per heavy atom. The zero-order valence-electron chi connectivity index (χ0n) is 11.2. The molecule has 0 radical (unpaired) electrons. The average Bonchev–Trinajstić information content (AvgIpc) is 3.02. The molecule has 102 valence electrons. The van der Waals surface area contributed by atoms with Crippen LogP contribution in [0.2, 0.25) is 0 Å². The van der Waals surface area contributed by atoms with Crippen molar-refractivity contribution in [1.29, 1.82) is 0 Å². The van der Waals surface area contributed by atoms with Gasteiger partial charge in [-0.3, -0.25) is 4.79 Å². The number of fused-ring (bicyclic) bond motifs is 2. The van der Waals surface area contributed by atoms with Crippen LogP contribution < -0.4 is 5.32 Å². The summed E-state index contributed by atoms with van der Waals surface area (Å²) in [6.45, 7) is 0. The largest absolute Gasteiger partial charge is 0.353 e. The predicted molar refractivity (Wildman–Crippen MR) is 79.2 cm³/mol. The van der Waals surface area contributed by atoms with E-state index in [-0.39, 0.29) is 5.91 Å². The Morgan fingerprint density at radius 2 is 2.05 bits per heavy atom. The van der Waals surface area contributed by atoms with Crippen molar-refractivity contribution in [2.45, 2.75) is 43.0 Å². The van der Waals surface area contributed by atoms with Crippen LogP contribution in [-0.4, -0.2) is 17.7 Å². The van der Waals surface area contributed by atoms with Crippen LogP contribution in [0.4, 0.5) is 0 Å². The van der Waals surface area contributed by atoms with Crippen LogP contribution in [0.15, 0.2) is 35.2 Å². The fraction of sp³-hybridized carbons (Fsp3) is 0.562. The molecule has 0 heterocycles. The average molecular weight is 275 g/mol. The standard InChI is InChI=1S/C16H21NOS/c18-16(8-9-19-14-4-2-1-3-5-14)17-15-11-12-6-7-13(15)10-12/h1-5,12-13,15H,6-11H2,(H,17,18)/t12-,13-,15+/m0/s1. The Hall–Kier alpha value is -0.960. The Bertz CT molecular complexity index is 434. The van der Waals surface area contributed by atoms with Gasteiger partial charge in [-0.1, -0.05) is 24.6 Å². The number of carbonyl (C=O) groups excluding carboxylic acids is 1. The summed E-state index contributed by atoms with van der Waals surface area (Å²) in [5.41, 5.74) is 0. The molecular weight excluding hydrogens is 254 g/mol. The van der Waals surface area contributed by atoms with E-state index in [9.17, 15) is 4.79 Å². The van der Waals surface area contributed by atoms with Crippen molar-refractivity contribution in [3.63, 3.8) is 0 Å². The minimum atomic E-state index is 0.237. The van der Waals surface area contributed by atoms with Gasteiger partial charge in [0.05, 0.1) is 0 Å². The molecule has 2 nitrogen and oxygen atoms in total. The van der Waals surface area contributed by atoms with Crippen molar-refractivity contribution in [3.05, 3.63) is 30.3 Å². The smallest absolute Gasteiger partial charge is 0.221 e. The number of benzene rings is 1. The maximum Gasteiger partial charge on any atom is 0.221 e. The molecule has 2 aliphatic rings. The number of hydrogen-bond acceptors (Lipinski definition) is 2. The third kappa shape index (κ3) is 3.33. The van der Waals surface area contributed by atoms with Gasteiger partial charge in [0.1, 0.15) is 0 Å². The van der Waals surface area contributed by atoms with Gasteiger partial charge in [-0.05, 0) is 43.2 Å². The van der Waals surface area contributed by atoms with Gasteiger partial charge < -0.3 is 5.32 Å². The first-order chi connectivity index (χ1) is 9.31. The molecule has 2 aliphatic carbocycles. The lowest BCUT2D eigenvalue weighted by atomic mass is 9.95. The van der Waals surface area contributed by atoms with E-state index in [4.69, 9.17) is 0 Å². The molecule has 1 amide bonds. The third-order valence-electron chi connectivity index (χ3n) is 4.43. The van der Waals surface area contributed by atoms with Gasteiger partial charge in [-0.15, -0.1) is 11.8 Å². The molecule has 1 N–H and O–H groups in total. The van der Waals surface area contributed by atoms with E-state index in [1.165, 1.54) is 30.6 Å². The van der Waals surface area contributed by atoms with E-state index in [0.717, 1.165) is 17.6 Å².